The van der Waals surface area contributed by atoms with E-state index >= 15 is 0 Å². The van der Waals surface area contributed by atoms with Gasteiger partial charge in [-0.25, -0.2) is 0 Å². The van der Waals surface area contributed by atoms with Crippen LogP contribution in [0.25, 0.3) is 11.3 Å². The molecule has 3 N–H and O–H groups in total. The number of benzene rings is 1. The van der Waals surface area contributed by atoms with E-state index in [0.29, 0.717) is 17.3 Å². The third-order valence-electron chi connectivity index (χ3n) is 2.58. The lowest BCUT2D eigenvalue weighted by Crippen LogP contribution is -2.45. The van der Waals surface area contributed by atoms with Crippen LogP contribution in [-0.2, 0) is 0 Å². The second-order valence-corrected chi connectivity index (χ2v) is 5.69. The topological polar surface area (TPSA) is 81.1 Å². The maximum Gasteiger partial charge on any atom is 0.273 e. The summed E-state index contributed by atoms with van der Waals surface area (Å²) in [6.45, 7) is 4.01. The van der Waals surface area contributed by atoms with Crippen LogP contribution in [0.4, 0.5) is 0 Å². The van der Waals surface area contributed by atoms with E-state index in [4.69, 9.17) is 21.9 Å². The minimum absolute atomic E-state index is 0. The predicted octanol–water partition coefficient (Wildman–Crippen LogP) is 2.88. The van der Waals surface area contributed by atoms with Crippen LogP contribution in [0.15, 0.2) is 34.9 Å². The van der Waals surface area contributed by atoms with Crippen molar-refractivity contribution in [3.05, 3.63) is 41.0 Å². The van der Waals surface area contributed by atoms with Crippen molar-refractivity contribution >= 4 is 29.9 Å². The third-order valence-corrected chi connectivity index (χ3v) is 2.83. The first-order valence-electron chi connectivity index (χ1n) is 6.15. The van der Waals surface area contributed by atoms with Gasteiger partial charge in [0.2, 0.25) is 0 Å². The van der Waals surface area contributed by atoms with Crippen LogP contribution in [-0.4, -0.2) is 23.1 Å². The molecule has 0 unspecified atom stereocenters. The summed E-state index contributed by atoms with van der Waals surface area (Å²) >= 11 is 5.82. The molecule has 0 aliphatic rings. The van der Waals surface area contributed by atoms with E-state index in [1.165, 1.54) is 0 Å². The molecule has 2 aromatic rings. The van der Waals surface area contributed by atoms with Crippen LogP contribution >= 0.6 is 24.0 Å². The highest BCUT2D eigenvalue weighted by atomic mass is 35.5. The van der Waals surface area contributed by atoms with Gasteiger partial charge in [0.1, 0.15) is 0 Å². The van der Waals surface area contributed by atoms with Gasteiger partial charge in [0.25, 0.3) is 5.91 Å². The average molecular weight is 330 g/mol. The number of rotatable bonds is 4. The Morgan fingerprint density at radius 1 is 1.38 bits per heavy atom. The van der Waals surface area contributed by atoms with Crippen LogP contribution in [0.1, 0.15) is 24.3 Å². The lowest BCUT2D eigenvalue weighted by atomic mass is 10.1. The van der Waals surface area contributed by atoms with E-state index in [0.717, 1.165) is 5.56 Å². The van der Waals surface area contributed by atoms with Crippen molar-refractivity contribution in [1.82, 2.24) is 10.5 Å². The number of nitrogens with two attached hydrogens (primary N) is 1. The number of carbonyl (C=O) groups excluding carboxylic acids is 1. The van der Waals surface area contributed by atoms with Gasteiger partial charge in [0.15, 0.2) is 11.5 Å². The molecule has 1 amide bonds. The summed E-state index contributed by atoms with van der Waals surface area (Å²) in [5.41, 5.74) is 6.35. The summed E-state index contributed by atoms with van der Waals surface area (Å²) in [4.78, 5) is 11.9. The molecular weight excluding hydrogens is 313 g/mol. The Morgan fingerprint density at radius 3 is 2.57 bits per heavy atom. The van der Waals surface area contributed by atoms with Gasteiger partial charge in [-0.1, -0.05) is 16.8 Å². The fourth-order valence-electron chi connectivity index (χ4n) is 1.53. The Balaban J connectivity index is 0.00000220. The number of hydrogen-bond acceptors (Lipinski definition) is 4. The van der Waals surface area contributed by atoms with E-state index < -0.39 is 5.54 Å². The Kier molecular flexibility index (Phi) is 5.78. The highest BCUT2D eigenvalue weighted by Gasteiger charge is 2.17. The molecular formula is C14H17Cl2N3O2. The second-order valence-electron chi connectivity index (χ2n) is 5.25. The van der Waals surface area contributed by atoms with Crippen LogP contribution < -0.4 is 11.1 Å². The van der Waals surface area contributed by atoms with Gasteiger partial charge in [0, 0.05) is 28.7 Å². The third kappa shape index (κ3) is 5.04. The number of carbonyl (C=O) groups is 1. The van der Waals surface area contributed by atoms with Gasteiger partial charge in [-0.15, -0.1) is 12.4 Å². The summed E-state index contributed by atoms with van der Waals surface area (Å²) in [6.07, 6.45) is 0. The Labute approximate surface area is 134 Å². The monoisotopic (exact) mass is 329 g/mol. The van der Waals surface area contributed by atoms with Crippen molar-refractivity contribution in [1.29, 1.82) is 0 Å². The molecule has 1 aromatic carbocycles. The Morgan fingerprint density at radius 2 is 2.00 bits per heavy atom. The molecule has 0 saturated carbocycles. The van der Waals surface area contributed by atoms with E-state index in [2.05, 4.69) is 10.5 Å². The molecule has 21 heavy (non-hydrogen) atoms. The minimum atomic E-state index is -0.474. The van der Waals surface area contributed by atoms with Gasteiger partial charge in [-0.05, 0) is 38.1 Å². The molecule has 0 atom stereocenters. The molecule has 0 bridgehead atoms. The minimum Gasteiger partial charge on any atom is -0.355 e. The van der Waals surface area contributed by atoms with Crippen molar-refractivity contribution < 1.29 is 9.32 Å². The predicted molar refractivity (Wildman–Crippen MR) is 84.8 cm³/mol. The quantitative estimate of drug-likeness (QED) is 0.903. The number of aromatic nitrogens is 1. The zero-order valence-electron chi connectivity index (χ0n) is 11.7. The van der Waals surface area contributed by atoms with Gasteiger partial charge in [-0.3, -0.25) is 4.79 Å². The van der Waals surface area contributed by atoms with E-state index in [1.807, 2.05) is 13.8 Å². The largest absolute Gasteiger partial charge is 0.355 e. The number of nitrogens with one attached hydrogen (secondary N) is 1. The standard InChI is InChI=1S/C14H16ClN3O2.ClH/c1-14(2,16)8-17-13(19)11-7-12(20-18-11)9-3-5-10(15)6-4-9;/h3-7H,8,16H2,1-2H3,(H,17,19);1H. The van der Waals surface area contributed by atoms with Crippen molar-refractivity contribution in [2.75, 3.05) is 6.54 Å². The highest BCUT2D eigenvalue weighted by molar-refractivity contribution is 6.30. The van der Waals surface area contributed by atoms with Crippen molar-refractivity contribution in [2.24, 2.45) is 5.73 Å². The molecule has 114 valence electrons. The van der Waals surface area contributed by atoms with Crippen molar-refractivity contribution in [2.45, 2.75) is 19.4 Å². The summed E-state index contributed by atoms with van der Waals surface area (Å²) in [7, 11) is 0. The van der Waals surface area contributed by atoms with Crippen LogP contribution in [0, 0.1) is 0 Å². The van der Waals surface area contributed by atoms with Gasteiger partial charge in [-0.2, -0.15) is 0 Å². The first kappa shape index (κ1) is 17.5. The maximum absolute atomic E-state index is 11.9. The smallest absolute Gasteiger partial charge is 0.273 e. The number of hydrogen-bond donors (Lipinski definition) is 2. The molecule has 1 aromatic heterocycles. The second kappa shape index (κ2) is 6.93. The first-order valence-corrected chi connectivity index (χ1v) is 6.53. The molecule has 0 saturated heterocycles. The molecule has 1 heterocycles. The average Bonchev–Trinajstić information content (AvgIpc) is 2.85. The zero-order chi connectivity index (χ0) is 14.8. The summed E-state index contributed by atoms with van der Waals surface area (Å²) in [6, 6.07) is 8.68. The number of nitrogens with zero attached hydrogens (tertiary/aromatic N) is 1. The van der Waals surface area contributed by atoms with Gasteiger partial charge in [0.05, 0.1) is 0 Å². The SMILES string of the molecule is CC(C)(N)CNC(=O)c1cc(-c2ccc(Cl)cc2)on1.Cl. The zero-order valence-corrected chi connectivity index (χ0v) is 13.3. The number of amides is 1. The highest BCUT2D eigenvalue weighted by Crippen LogP contribution is 2.22. The molecule has 0 aliphatic heterocycles. The van der Waals surface area contributed by atoms with E-state index in [-0.39, 0.29) is 24.0 Å². The molecule has 5 nitrogen and oxygen atoms in total. The van der Waals surface area contributed by atoms with Gasteiger partial charge >= 0.3 is 0 Å². The van der Waals surface area contributed by atoms with E-state index in [9.17, 15) is 4.79 Å². The first-order chi connectivity index (χ1) is 9.35. The van der Waals surface area contributed by atoms with E-state index in [1.54, 1.807) is 30.3 Å². The molecule has 0 fully saturated rings. The van der Waals surface area contributed by atoms with Gasteiger partial charge < -0.3 is 15.6 Å². The molecule has 2 rings (SSSR count). The summed E-state index contributed by atoms with van der Waals surface area (Å²) < 4.78 is 5.16. The molecule has 7 heteroatoms. The van der Waals surface area contributed by atoms with Crippen LogP contribution in [0.3, 0.4) is 0 Å². The Bertz CT molecular complexity index is 603. The fourth-order valence-corrected chi connectivity index (χ4v) is 1.66. The lowest BCUT2D eigenvalue weighted by Gasteiger charge is -2.18. The summed E-state index contributed by atoms with van der Waals surface area (Å²) in [5.74, 6) is 0.200. The van der Waals surface area contributed by atoms with Crippen LogP contribution in [0.2, 0.25) is 5.02 Å². The maximum atomic E-state index is 11.9. The Hall–Kier alpha value is -1.56. The fraction of sp³-hybridized carbons (Fsp3) is 0.286. The van der Waals surface area contributed by atoms with Crippen molar-refractivity contribution in [3.63, 3.8) is 0 Å². The number of halogens is 2. The van der Waals surface area contributed by atoms with Crippen molar-refractivity contribution in [3.8, 4) is 11.3 Å². The lowest BCUT2D eigenvalue weighted by molar-refractivity contribution is 0.0937. The van der Waals surface area contributed by atoms with Crippen LogP contribution in [0.5, 0.6) is 0 Å². The molecule has 0 spiro atoms. The molecule has 0 radical (unpaired) electrons. The molecule has 0 aliphatic carbocycles. The normalized spacial score (nSPS) is 10.9. The summed E-state index contributed by atoms with van der Waals surface area (Å²) in [5, 5.41) is 7.10.